The number of carbonyl (C=O) groups excluding carboxylic acids is 1. The lowest BCUT2D eigenvalue weighted by Crippen LogP contribution is -2.60. The first kappa shape index (κ1) is 60.1. The molecule has 13 heteroatoms. The zero-order valence-corrected chi connectivity index (χ0v) is 40.9. The van der Waals surface area contributed by atoms with Gasteiger partial charge in [-0.15, -0.1) is 0 Å². The molecule has 4 N–H and O–H groups in total. The highest BCUT2D eigenvalue weighted by Crippen LogP contribution is 2.26. The summed E-state index contributed by atoms with van der Waals surface area (Å²) in [5.41, 5.74) is 0. The van der Waals surface area contributed by atoms with Gasteiger partial charge in [0.15, 0.2) is 6.29 Å². The summed E-state index contributed by atoms with van der Waals surface area (Å²) in [6, 6.07) is 0. The molecule has 0 aromatic rings. The van der Waals surface area contributed by atoms with Crippen LogP contribution < -0.4 is 0 Å². The maximum Gasteiger partial charge on any atom is 0.397 e. The van der Waals surface area contributed by atoms with Gasteiger partial charge < -0.3 is 34.3 Å². The number of hydrogen-bond acceptors (Lipinski definition) is 11. The number of unbranched alkanes of at least 4 members (excludes halogenated alkanes) is 23. The summed E-state index contributed by atoms with van der Waals surface area (Å²) >= 11 is 0. The highest BCUT2D eigenvalue weighted by atomic mass is 32.3. The number of rotatable bonds is 44. The SMILES string of the molecule is CCCCC/C=C\C/C=C\CCCCCCCC(=O)OC(COCCCCCCCCCCCC/C=C\C/C=C\CCCCCCC)COC1OC(CO)C(O)C(OS(=O)(=O)O)C1O. The standard InChI is InChI=1S/C51H92O12S/c1-3-5-7-9-11-13-15-17-19-20-21-22-23-24-25-27-29-31-33-35-37-39-41-59-43-45(44-60-51-49(55)50(63-64(56,57)58)48(54)46(42-52)62-51)61-47(53)40-38-36-34-32-30-28-26-18-16-14-12-10-8-6-4-2/h12,14-15,17-18,20-21,26,45-46,48-52,54-55H,3-11,13,16,19,22-25,27-44H2,1-2H3,(H,56,57,58)/b14-12-,17-15-,21-20-,26-18-. The monoisotopic (exact) mass is 929 g/mol. The predicted octanol–water partition coefficient (Wildman–Crippen LogP) is 11.5. The molecule has 0 spiro atoms. The molecule has 1 saturated heterocycles. The molecule has 1 aliphatic heterocycles. The van der Waals surface area contributed by atoms with E-state index in [2.05, 4.69) is 66.6 Å². The average molecular weight is 929 g/mol. The second-order valence-corrected chi connectivity index (χ2v) is 18.4. The highest BCUT2D eigenvalue weighted by Gasteiger charge is 2.48. The molecule has 0 radical (unpaired) electrons. The zero-order valence-electron chi connectivity index (χ0n) is 40.1. The molecule has 0 aliphatic carbocycles. The third kappa shape index (κ3) is 35.3. The first-order chi connectivity index (χ1) is 31.1. The number of hydrogen-bond donors (Lipinski definition) is 4. The van der Waals surface area contributed by atoms with Crippen LogP contribution in [0.15, 0.2) is 48.6 Å². The Balaban J connectivity index is 2.36. The summed E-state index contributed by atoms with van der Waals surface area (Å²) in [5, 5.41) is 30.7. The van der Waals surface area contributed by atoms with Crippen molar-refractivity contribution >= 4 is 16.4 Å². The van der Waals surface area contributed by atoms with Crippen LogP contribution in [0.5, 0.6) is 0 Å². The number of aliphatic hydroxyl groups is 3. The quantitative estimate of drug-likeness (QED) is 0.0197. The van der Waals surface area contributed by atoms with Gasteiger partial charge in [0, 0.05) is 13.0 Å². The fraction of sp³-hybridized carbons (Fsp3) is 0.824. The van der Waals surface area contributed by atoms with Gasteiger partial charge in [-0.05, 0) is 77.0 Å². The first-order valence-electron chi connectivity index (χ1n) is 25.4. The maximum absolute atomic E-state index is 12.9. The topological polar surface area (TPSA) is 178 Å². The van der Waals surface area contributed by atoms with Crippen LogP contribution in [0.4, 0.5) is 0 Å². The van der Waals surface area contributed by atoms with Gasteiger partial charge in [0.05, 0.1) is 19.8 Å². The van der Waals surface area contributed by atoms with Gasteiger partial charge in [-0.3, -0.25) is 9.35 Å². The van der Waals surface area contributed by atoms with Crippen LogP contribution in [0.1, 0.15) is 206 Å². The van der Waals surface area contributed by atoms with E-state index in [9.17, 15) is 33.1 Å². The van der Waals surface area contributed by atoms with Crippen LogP contribution in [0.3, 0.4) is 0 Å². The second-order valence-electron chi connectivity index (χ2n) is 17.4. The van der Waals surface area contributed by atoms with Gasteiger partial charge in [0.2, 0.25) is 0 Å². The summed E-state index contributed by atoms with van der Waals surface area (Å²) in [5.74, 6) is -0.414. The van der Waals surface area contributed by atoms with Crippen LogP contribution >= 0.6 is 0 Å². The summed E-state index contributed by atoms with van der Waals surface area (Å²) < 4.78 is 59.2. The number of allylic oxidation sites excluding steroid dienone is 8. The van der Waals surface area contributed by atoms with Crippen molar-refractivity contribution in [2.24, 2.45) is 0 Å². The van der Waals surface area contributed by atoms with Crippen molar-refractivity contribution in [2.45, 2.75) is 243 Å². The highest BCUT2D eigenvalue weighted by molar-refractivity contribution is 7.80. The van der Waals surface area contributed by atoms with E-state index in [4.69, 9.17) is 18.9 Å². The minimum absolute atomic E-state index is 0.0276. The Morgan fingerprint density at radius 1 is 0.594 bits per heavy atom. The molecular formula is C51H92O12S. The van der Waals surface area contributed by atoms with Gasteiger partial charge in [0.25, 0.3) is 0 Å². The minimum Gasteiger partial charge on any atom is -0.457 e. The van der Waals surface area contributed by atoms with E-state index < -0.39 is 59.8 Å². The van der Waals surface area contributed by atoms with Crippen molar-refractivity contribution in [3.05, 3.63) is 48.6 Å². The van der Waals surface area contributed by atoms with Gasteiger partial charge in [-0.25, -0.2) is 4.18 Å². The van der Waals surface area contributed by atoms with E-state index >= 15 is 0 Å². The first-order valence-corrected chi connectivity index (χ1v) is 26.8. The van der Waals surface area contributed by atoms with Crippen LogP contribution in [0, 0.1) is 0 Å². The molecule has 1 aliphatic rings. The molecule has 6 atom stereocenters. The van der Waals surface area contributed by atoms with Crippen LogP contribution in [0.25, 0.3) is 0 Å². The van der Waals surface area contributed by atoms with Crippen LogP contribution in [0.2, 0.25) is 0 Å². The normalized spacial score (nSPS) is 20.1. The summed E-state index contributed by atoms with van der Waals surface area (Å²) in [6.07, 6.45) is 42.8. The molecule has 0 aromatic carbocycles. The van der Waals surface area contributed by atoms with E-state index in [1.54, 1.807) is 0 Å². The molecule has 1 fully saturated rings. The Labute approximate surface area is 389 Å². The van der Waals surface area contributed by atoms with E-state index in [1.165, 1.54) is 109 Å². The Morgan fingerprint density at radius 3 is 1.52 bits per heavy atom. The fourth-order valence-corrected chi connectivity index (χ4v) is 8.07. The van der Waals surface area contributed by atoms with Gasteiger partial charge in [0.1, 0.15) is 30.5 Å². The van der Waals surface area contributed by atoms with Crippen molar-refractivity contribution in [2.75, 3.05) is 26.4 Å². The molecule has 6 unspecified atom stereocenters. The lowest BCUT2D eigenvalue weighted by atomic mass is 9.99. The van der Waals surface area contributed by atoms with Gasteiger partial charge >= 0.3 is 16.4 Å². The van der Waals surface area contributed by atoms with Gasteiger partial charge in [-0.2, -0.15) is 8.42 Å². The fourth-order valence-electron chi connectivity index (χ4n) is 7.56. The minimum atomic E-state index is -5.07. The Bertz CT molecular complexity index is 1300. The largest absolute Gasteiger partial charge is 0.457 e. The summed E-state index contributed by atoms with van der Waals surface area (Å²) in [7, 11) is -5.07. The maximum atomic E-state index is 12.9. The van der Waals surface area contributed by atoms with Crippen molar-refractivity contribution in [1.29, 1.82) is 0 Å². The number of esters is 1. The second kappa shape index (κ2) is 42.4. The van der Waals surface area contributed by atoms with Crippen molar-refractivity contribution < 1.29 is 56.2 Å². The summed E-state index contributed by atoms with van der Waals surface area (Å²) in [6.45, 7) is 3.94. The molecule has 0 saturated carbocycles. The van der Waals surface area contributed by atoms with Gasteiger partial charge in [-0.1, -0.05) is 172 Å². The Morgan fingerprint density at radius 2 is 1.03 bits per heavy atom. The third-order valence-corrected chi connectivity index (χ3v) is 11.9. The molecule has 1 heterocycles. The van der Waals surface area contributed by atoms with Crippen molar-refractivity contribution in [3.8, 4) is 0 Å². The molecule has 374 valence electrons. The van der Waals surface area contributed by atoms with E-state index in [0.717, 1.165) is 70.6 Å². The predicted molar refractivity (Wildman–Crippen MR) is 257 cm³/mol. The Kier molecular flexibility index (Phi) is 39.8. The smallest absolute Gasteiger partial charge is 0.397 e. The van der Waals surface area contributed by atoms with Crippen LogP contribution in [-0.4, -0.2) is 97.5 Å². The average Bonchev–Trinajstić information content (AvgIpc) is 3.27. The lowest BCUT2D eigenvalue weighted by Gasteiger charge is -2.41. The lowest BCUT2D eigenvalue weighted by molar-refractivity contribution is -0.301. The molecular weight excluding hydrogens is 837 g/mol. The Hall–Kier alpha value is -1.94. The summed E-state index contributed by atoms with van der Waals surface area (Å²) in [4.78, 5) is 12.9. The molecule has 1 rings (SSSR count). The van der Waals surface area contributed by atoms with E-state index in [0.29, 0.717) is 13.0 Å². The number of ether oxygens (including phenoxy) is 4. The molecule has 64 heavy (non-hydrogen) atoms. The molecule has 0 amide bonds. The molecule has 0 bridgehead atoms. The number of carbonyl (C=O) groups is 1. The van der Waals surface area contributed by atoms with Crippen LogP contribution in [-0.2, 0) is 38.3 Å². The van der Waals surface area contributed by atoms with E-state index in [1.807, 2.05) is 0 Å². The zero-order chi connectivity index (χ0) is 46.8. The molecule has 12 nitrogen and oxygen atoms in total. The van der Waals surface area contributed by atoms with E-state index in [-0.39, 0.29) is 19.6 Å². The molecule has 0 aromatic heterocycles. The van der Waals surface area contributed by atoms with Crippen molar-refractivity contribution in [3.63, 3.8) is 0 Å². The number of aliphatic hydroxyl groups excluding tert-OH is 3. The van der Waals surface area contributed by atoms with Crippen molar-refractivity contribution in [1.82, 2.24) is 0 Å². The third-order valence-electron chi connectivity index (χ3n) is 11.4.